The Morgan fingerprint density at radius 1 is 1.47 bits per heavy atom. The summed E-state index contributed by atoms with van der Waals surface area (Å²) >= 11 is 1.32. The molecule has 1 aliphatic rings. The minimum absolute atomic E-state index is 0.368. The van der Waals surface area contributed by atoms with Gasteiger partial charge in [-0.2, -0.15) is 0 Å². The van der Waals surface area contributed by atoms with E-state index in [0.29, 0.717) is 11.5 Å². The summed E-state index contributed by atoms with van der Waals surface area (Å²) in [4.78, 5) is 12.4. The molecule has 0 saturated heterocycles. The van der Waals surface area contributed by atoms with E-state index in [2.05, 4.69) is 0 Å². The van der Waals surface area contributed by atoms with Gasteiger partial charge in [0.25, 0.3) is 0 Å². The van der Waals surface area contributed by atoms with E-state index in [0.717, 1.165) is 27.3 Å². The highest BCUT2D eigenvalue weighted by Gasteiger charge is 2.23. The fourth-order valence-corrected chi connectivity index (χ4v) is 3.07. The van der Waals surface area contributed by atoms with Crippen molar-refractivity contribution in [3.05, 3.63) is 40.3 Å². The number of aryl methyl sites for hydroxylation is 1. The van der Waals surface area contributed by atoms with Gasteiger partial charge in [0.15, 0.2) is 0 Å². The number of carboxylic acid groups (broad SMARTS) is 1. The summed E-state index contributed by atoms with van der Waals surface area (Å²) in [7, 11) is 0. The van der Waals surface area contributed by atoms with Crippen molar-refractivity contribution in [1.82, 2.24) is 0 Å². The van der Waals surface area contributed by atoms with E-state index in [1.165, 1.54) is 11.3 Å². The molecule has 86 valence electrons. The third kappa shape index (κ3) is 1.52. The Morgan fingerprint density at radius 3 is 3.06 bits per heavy atom. The quantitative estimate of drug-likeness (QED) is 0.839. The molecule has 4 heteroatoms. The average Bonchev–Trinajstić information content (AvgIpc) is 2.73. The largest absolute Gasteiger partial charge is 0.488 e. The minimum Gasteiger partial charge on any atom is -0.488 e. The van der Waals surface area contributed by atoms with Crippen molar-refractivity contribution < 1.29 is 14.6 Å². The van der Waals surface area contributed by atoms with Gasteiger partial charge in [0.2, 0.25) is 0 Å². The average molecular weight is 246 g/mol. The van der Waals surface area contributed by atoms with Gasteiger partial charge in [-0.15, -0.1) is 11.3 Å². The zero-order valence-corrected chi connectivity index (χ0v) is 10.0. The predicted octanol–water partition coefficient (Wildman–Crippen LogP) is 3.31. The zero-order valence-electron chi connectivity index (χ0n) is 9.19. The molecule has 0 unspecified atom stereocenters. The number of thiophene rings is 1. The van der Waals surface area contributed by atoms with E-state index in [1.807, 2.05) is 25.1 Å². The van der Waals surface area contributed by atoms with Gasteiger partial charge < -0.3 is 9.84 Å². The van der Waals surface area contributed by atoms with Crippen LogP contribution in [0.3, 0.4) is 0 Å². The summed E-state index contributed by atoms with van der Waals surface area (Å²) < 4.78 is 5.69. The van der Waals surface area contributed by atoms with Crippen LogP contribution in [0.25, 0.3) is 10.4 Å². The Balaban J connectivity index is 2.22. The highest BCUT2D eigenvalue weighted by atomic mass is 32.1. The van der Waals surface area contributed by atoms with Crippen molar-refractivity contribution in [1.29, 1.82) is 0 Å². The summed E-state index contributed by atoms with van der Waals surface area (Å²) in [6.07, 6.45) is 0. The number of hydrogen-bond acceptors (Lipinski definition) is 3. The van der Waals surface area contributed by atoms with Crippen molar-refractivity contribution in [3.8, 4) is 16.2 Å². The molecule has 3 nitrogen and oxygen atoms in total. The smallest absolute Gasteiger partial charge is 0.345 e. The minimum atomic E-state index is -0.876. The number of fused-ring (bicyclic) bond motifs is 3. The molecule has 1 N–H and O–H groups in total. The van der Waals surface area contributed by atoms with E-state index >= 15 is 0 Å². The van der Waals surface area contributed by atoms with Crippen LogP contribution in [0.15, 0.2) is 24.3 Å². The van der Waals surface area contributed by atoms with Crippen LogP contribution in [0.4, 0.5) is 0 Å². The second-order valence-electron chi connectivity index (χ2n) is 4.01. The van der Waals surface area contributed by atoms with Crippen molar-refractivity contribution in [2.24, 2.45) is 0 Å². The first-order chi connectivity index (χ1) is 8.16. The molecular formula is C13H10O3S. The lowest BCUT2D eigenvalue weighted by atomic mass is 10.0. The first-order valence-corrected chi connectivity index (χ1v) is 6.07. The van der Waals surface area contributed by atoms with E-state index in [9.17, 15) is 4.79 Å². The van der Waals surface area contributed by atoms with Crippen LogP contribution >= 0.6 is 11.3 Å². The van der Waals surface area contributed by atoms with Crippen LogP contribution in [0.1, 0.15) is 20.8 Å². The van der Waals surface area contributed by atoms with Gasteiger partial charge >= 0.3 is 5.97 Å². The van der Waals surface area contributed by atoms with Crippen molar-refractivity contribution >= 4 is 17.3 Å². The molecule has 2 aromatic rings. The van der Waals surface area contributed by atoms with E-state index in [4.69, 9.17) is 9.84 Å². The molecule has 0 fully saturated rings. The summed E-state index contributed by atoms with van der Waals surface area (Å²) in [6.45, 7) is 2.45. The van der Waals surface area contributed by atoms with Gasteiger partial charge in [0.1, 0.15) is 17.2 Å². The fraction of sp³-hybridized carbons (Fsp3) is 0.154. The number of para-hydroxylation sites is 1. The summed E-state index contributed by atoms with van der Waals surface area (Å²) in [5.74, 6) is -0.00241. The molecule has 0 amide bonds. The molecule has 0 bridgehead atoms. The second-order valence-corrected chi connectivity index (χ2v) is 5.06. The first kappa shape index (κ1) is 10.4. The molecular weight excluding hydrogens is 236 g/mol. The lowest BCUT2D eigenvalue weighted by Crippen LogP contribution is -2.03. The Hall–Kier alpha value is -1.81. The Morgan fingerprint density at radius 2 is 2.29 bits per heavy atom. The zero-order chi connectivity index (χ0) is 12.0. The predicted molar refractivity (Wildman–Crippen MR) is 65.8 cm³/mol. The van der Waals surface area contributed by atoms with Gasteiger partial charge in [-0.3, -0.25) is 0 Å². The van der Waals surface area contributed by atoms with E-state index in [1.54, 1.807) is 6.07 Å². The van der Waals surface area contributed by atoms with Gasteiger partial charge in [0.05, 0.1) is 0 Å². The third-order valence-electron chi connectivity index (χ3n) is 2.85. The van der Waals surface area contributed by atoms with Crippen molar-refractivity contribution in [2.75, 3.05) is 0 Å². The van der Waals surface area contributed by atoms with E-state index in [-0.39, 0.29) is 0 Å². The highest BCUT2D eigenvalue weighted by molar-refractivity contribution is 7.17. The molecule has 0 spiro atoms. The molecule has 1 aliphatic heterocycles. The molecule has 17 heavy (non-hydrogen) atoms. The normalized spacial score (nSPS) is 12.5. The molecule has 0 atom stereocenters. The monoisotopic (exact) mass is 246 g/mol. The topological polar surface area (TPSA) is 46.5 Å². The molecule has 1 aromatic carbocycles. The standard InChI is InChI=1S/C13H10O3S/c1-7-3-2-4-9-11(7)16-6-8-5-10(13(14)15)17-12(8)9/h2-5H,6H2,1H3,(H,14,15). The molecule has 3 rings (SSSR count). The molecule has 0 aliphatic carbocycles. The first-order valence-electron chi connectivity index (χ1n) is 5.25. The van der Waals surface area contributed by atoms with Crippen molar-refractivity contribution in [3.63, 3.8) is 0 Å². The molecule has 0 radical (unpaired) electrons. The Kier molecular flexibility index (Phi) is 2.19. The van der Waals surface area contributed by atoms with Crippen LogP contribution in [0.5, 0.6) is 5.75 Å². The van der Waals surface area contributed by atoms with Gasteiger partial charge in [-0.05, 0) is 24.6 Å². The number of carboxylic acids is 1. The molecule has 0 saturated carbocycles. The molecule has 1 aromatic heterocycles. The highest BCUT2D eigenvalue weighted by Crippen LogP contribution is 2.43. The maximum Gasteiger partial charge on any atom is 0.345 e. The van der Waals surface area contributed by atoms with Gasteiger partial charge in [-0.1, -0.05) is 12.1 Å². The number of carbonyl (C=O) groups is 1. The number of rotatable bonds is 1. The Bertz CT molecular complexity index is 613. The summed E-state index contributed by atoms with van der Waals surface area (Å²) in [5, 5.41) is 9.01. The summed E-state index contributed by atoms with van der Waals surface area (Å²) in [5.41, 5.74) is 3.05. The van der Waals surface area contributed by atoms with E-state index < -0.39 is 5.97 Å². The maximum absolute atomic E-state index is 11.0. The summed E-state index contributed by atoms with van der Waals surface area (Å²) in [6, 6.07) is 7.64. The maximum atomic E-state index is 11.0. The van der Waals surface area contributed by atoms with Crippen LogP contribution in [0.2, 0.25) is 0 Å². The van der Waals surface area contributed by atoms with Crippen LogP contribution in [-0.4, -0.2) is 11.1 Å². The number of aromatic carboxylic acids is 1. The SMILES string of the molecule is Cc1cccc2c1OCc1cc(C(=O)O)sc1-2. The van der Waals surface area contributed by atoms with Crippen LogP contribution in [0, 0.1) is 6.92 Å². The number of benzene rings is 1. The van der Waals surface area contributed by atoms with Gasteiger partial charge in [-0.25, -0.2) is 4.79 Å². The number of ether oxygens (including phenoxy) is 1. The third-order valence-corrected chi connectivity index (χ3v) is 4.05. The van der Waals surface area contributed by atoms with Crippen molar-refractivity contribution in [2.45, 2.75) is 13.5 Å². The fourth-order valence-electron chi connectivity index (χ4n) is 2.04. The lowest BCUT2D eigenvalue weighted by molar-refractivity contribution is 0.0702. The van der Waals surface area contributed by atoms with Crippen LogP contribution in [-0.2, 0) is 6.61 Å². The van der Waals surface area contributed by atoms with Gasteiger partial charge in [0, 0.05) is 16.0 Å². The molecule has 2 heterocycles. The Labute approximate surface area is 102 Å². The second kappa shape index (κ2) is 3.60. The number of hydrogen-bond donors (Lipinski definition) is 1. The van der Waals surface area contributed by atoms with Crippen LogP contribution < -0.4 is 4.74 Å². The lowest BCUT2D eigenvalue weighted by Gasteiger charge is -2.19.